The number of aromatic nitrogens is 2. The Morgan fingerprint density at radius 3 is 2.71 bits per heavy atom. The highest BCUT2D eigenvalue weighted by Crippen LogP contribution is 2.22. The molecule has 0 bridgehead atoms. The molecule has 0 saturated carbocycles. The van der Waals surface area contributed by atoms with Crippen molar-refractivity contribution in [3.63, 3.8) is 0 Å². The Morgan fingerprint density at radius 2 is 2.00 bits per heavy atom. The fraction of sp³-hybridized carbons (Fsp3) is 0.176. The quantitative estimate of drug-likeness (QED) is 0.709. The first kappa shape index (κ1) is 16.3. The predicted molar refractivity (Wildman–Crippen MR) is 89.6 cm³/mol. The summed E-state index contributed by atoms with van der Waals surface area (Å²) < 4.78 is 24.3. The van der Waals surface area contributed by atoms with E-state index in [0.717, 1.165) is 11.3 Å². The summed E-state index contributed by atoms with van der Waals surface area (Å²) in [6, 6.07) is 11.8. The fourth-order valence-corrected chi connectivity index (χ4v) is 2.27. The third-order valence-electron chi connectivity index (χ3n) is 3.25. The Bertz CT molecular complexity index is 821. The van der Waals surface area contributed by atoms with Crippen LogP contribution in [0.4, 0.5) is 10.1 Å². The van der Waals surface area contributed by atoms with Gasteiger partial charge in [0.15, 0.2) is 0 Å². The maximum Gasteiger partial charge on any atom is 0.246 e. The van der Waals surface area contributed by atoms with Gasteiger partial charge in [-0.05, 0) is 49.4 Å². The molecule has 0 aliphatic rings. The van der Waals surface area contributed by atoms with Crippen molar-refractivity contribution in [1.29, 1.82) is 0 Å². The molecule has 1 N–H and O–H groups in total. The molecule has 0 amide bonds. The number of anilines is 1. The molecule has 0 unspecified atom stereocenters. The number of hydrogen-bond donors (Lipinski definition) is 1. The summed E-state index contributed by atoms with van der Waals surface area (Å²) in [5.41, 5.74) is 1.13. The highest BCUT2D eigenvalue weighted by molar-refractivity contribution is 6.30. The van der Waals surface area contributed by atoms with Crippen LogP contribution in [0.25, 0.3) is 11.4 Å². The molecule has 0 atom stereocenters. The van der Waals surface area contributed by atoms with Gasteiger partial charge < -0.3 is 14.6 Å². The molecule has 1 heterocycles. The highest BCUT2D eigenvalue weighted by Gasteiger charge is 2.10. The lowest BCUT2D eigenvalue weighted by Gasteiger charge is -2.04. The minimum absolute atomic E-state index is 0.211. The van der Waals surface area contributed by atoms with E-state index < -0.39 is 5.82 Å². The van der Waals surface area contributed by atoms with Crippen LogP contribution in [-0.2, 0) is 6.54 Å². The number of rotatable bonds is 6. The van der Waals surface area contributed by atoms with Crippen molar-refractivity contribution >= 4 is 17.3 Å². The summed E-state index contributed by atoms with van der Waals surface area (Å²) in [5.74, 6) is 1.17. The summed E-state index contributed by atoms with van der Waals surface area (Å²) in [5, 5.41) is 7.17. The molecule has 124 valence electrons. The summed E-state index contributed by atoms with van der Waals surface area (Å²) in [6.07, 6.45) is 0. The maximum atomic E-state index is 13.7. The Kier molecular flexibility index (Phi) is 4.96. The first-order chi connectivity index (χ1) is 11.7. The monoisotopic (exact) mass is 347 g/mol. The van der Waals surface area contributed by atoms with Crippen LogP contribution in [-0.4, -0.2) is 16.7 Å². The molecule has 0 fully saturated rings. The van der Waals surface area contributed by atoms with E-state index in [2.05, 4.69) is 15.5 Å². The summed E-state index contributed by atoms with van der Waals surface area (Å²) in [4.78, 5) is 4.29. The van der Waals surface area contributed by atoms with Crippen LogP contribution in [0.1, 0.15) is 12.8 Å². The molecule has 0 aliphatic carbocycles. The molecule has 5 nitrogen and oxygen atoms in total. The zero-order valence-electron chi connectivity index (χ0n) is 12.9. The molecule has 0 aliphatic heterocycles. The Morgan fingerprint density at radius 1 is 1.21 bits per heavy atom. The van der Waals surface area contributed by atoms with Crippen molar-refractivity contribution in [2.45, 2.75) is 13.5 Å². The highest BCUT2D eigenvalue weighted by atomic mass is 35.5. The Labute approximate surface area is 143 Å². The SMILES string of the molecule is CCOc1ccc(-c2noc(CNc3ccc(Cl)cc3F)n2)cc1. The molecular formula is C17H15ClFN3O2. The average Bonchev–Trinajstić information content (AvgIpc) is 3.04. The minimum Gasteiger partial charge on any atom is -0.494 e. The number of nitrogens with zero attached hydrogens (tertiary/aromatic N) is 2. The predicted octanol–water partition coefficient (Wildman–Crippen LogP) is 4.54. The Balaban J connectivity index is 1.66. The number of nitrogens with one attached hydrogen (secondary N) is 1. The van der Waals surface area contributed by atoms with Gasteiger partial charge in [-0.1, -0.05) is 16.8 Å². The smallest absolute Gasteiger partial charge is 0.246 e. The van der Waals surface area contributed by atoms with Gasteiger partial charge in [0, 0.05) is 10.6 Å². The van der Waals surface area contributed by atoms with Gasteiger partial charge in [0.2, 0.25) is 11.7 Å². The van der Waals surface area contributed by atoms with Crippen LogP contribution in [0.5, 0.6) is 5.75 Å². The zero-order valence-corrected chi connectivity index (χ0v) is 13.7. The lowest BCUT2D eigenvalue weighted by molar-refractivity contribution is 0.340. The van der Waals surface area contributed by atoms with Gasteiger partial charge in [0.05, 0.1) is 18.8 Å². The van der Waals surface area contributed by atoms with Gasteiger partial charge in [-0.25, -0.2) is 4.39 Å². The molecule has 7 heteroatoms. The van der Waals surface area contributed by atoms with Crippen LogP contribution in [0, 0.1) is 5.82 Å². The van der Waals surface area contributed by atoms with E-state index in [0.29, 0.717) is 29.0 Å². The lowest BCUT2D eigenvalue weighted by atomic mass is 10.2. The van der Waals surface area contributed by atoms with E-state index in [1.165, 1.54) is 6.07 Å². The zero-order chi connectivity index (χ0) is 16.9. The van der Waals surface area contributed by atoms with Crippen molar-refractivity contribution < 1.29 is 13.7 Å². The normalized spacial score (nSPS) is 10.6. The standard InChI is InChI=1S/C17H15ClFN3O2/c1-2-23-13-6-3-11(4-7-13)17-21-16(24-22-17)10-20-15-8-5-12(18)9-14(15)19/h3-9,20H,2,10H2,1H3. The van der Waals surface area contributed by atoms with Crippen LogP contribution < -0.4 is 10.1 Å². The summed E-state index contributed by atoms with van der Waals surface area (Å²) in [7, 11) is 0. The molecule has 3 aromatic rings. The van der Waals surface area contributed by atoms with Gasteiger partial charge in [0.1, 0.15) is 11.6 Å². The molecule has 24 heavy (non-hydrogen) atoms. The number of benzene rings is 2. The molecule has 1 aromatic heterocycles. The molecular weight excluding hydrogens is 333 g/mol. The minimum atomic E-state index is -0.436. The van der Waals surface area contributed by atoms with E-state index in [-0.39, 0.29) is 6.54 Å². The molecule has 3 rings (SSSR count). The van der Waals surface area contributed by atoms with Crippen LogP contribution in [0.15, 0.2) is 47.0 Å². The first-order valence-corrected chi connectivity index (χ1v) is 7.78. The third-order valence-corrected chi connectivity index (χ3v) is 3.49. The summed E-state index contributed by atoms with van der Waals surface area (Å²) in [6.45, 7) is 2.75. The lowest BCUT2D eigenvalue weighted by Crippen LogP contribution is -2.01. The van der Waals surface area contributed by atoms with Crippen LogP contribution in [0.3, 0.4) is 0 Å². The topological polar surface area (TPSA) is 60.2 Å². The van der Waals surface area contributed by atoms with Gasteiger partial charge >= 0.3 is 0 Å². The van der Waals surface area contributed by atoms with E-state index in [9.17, 15) is 4.39 Å². The molecule has 0 spiro atoms. The summed E-state index contributed by atoms with van der Waals surface area (Å²) >= 11 is 5.72. The van der Waals surface area contributed by atoms with Gasteiger partial charge in [0.25, 0.3) is 0 Å². The van der Waals surface area contributed by atoms with Crippen molar-refractivity contribution in [3.8, 4) is 17.1 Å². The number of ether oxygens (including phenoxy) is 1. The fourth-order valence-electron chi connectivity index (χ4n) is 2.11. The number of halogens is 2. The molecule has 2 aromatic carbocycles. The third kappa shape index (κ3) is 3.83. The van der Waals surface area contributed by atoms with E-state index in [4.69, 9.17) is 20.9 Å². The van der Waals surface area contributed by atoms with Gasteiger partial charge in [-0.3, -0.25) is 0 Å². The van der Waals surface area contributed by atoms with Crippen molar-refractivity contribution in [2.75, 3.05) is 11.9 Å². The van der Waals surface area contributed by atoms with Crippen LogP contribution in [0.2, 0.25) is 5.02 Å². The van der Waals surface area contributed by atoms with Crippen molar-refractivity contribution in [1.82, 2.24) is 10.1 Å². The van der Waals surface area contributed by atoms with E-state index >= 15 is 0 Å². The van der Waals surface area contributed by atoms with Crippen molar-refractivity contribution in [2.24, 2.45) is 0 Å². The second-order valence-corrected chi connectivity index (χ2v) is 5.38. The number of hydrogen-bond acceptors (Lipinski definition) is 5. The molecule has 0 radical (unpaired) electrons. The largest absolute Gasteiger partial charge is 0.494 e. The van der Waals surface area contributed by atoms with Crippen LogP contribution >= 0.6 is 11.6 Å². The second kappa shape index (κ2) is 7.31. The van der Waals surface area contributed by atoms with E-state index in [1.807, 2.05) is 31.2 Å². The Hall–Kier alpha value is -2.60. The second-order valence-electron chi connectivity index (χ2n) is 4.95. The average molecular weight is 348 g/mol. The van der Waals surface area contributed by atoms with E-state index in [1.54, 1.807) is 12.1 Å². The maximum absolute atomic E-state index is 13.7. The molecule has 0 saturated heterocycles. The van der Waals surface area contributed by atoms with Gasteiger partial charge in [-0.2, -0.15) is 4.98 Å². The van der Waals surface area contributed by atoms with Crippen molar-refractivity contribution in [3.05, 3.63) is 59.2 Å². The van der Waals surface area contributed by atoms with Gasteiger partial charge in [-0.15, -0.1) is 0 Å². The first-order valence-electron chi connectivity index (χ1n) is 7.40.